The van der Waals surface area contributed by atoms with Crippen LogP contribution in [0.15, 0.2) is 34.2 Å². The van der Waals surface area contributed by atoms with Gasteiger partial charge in [0.25, 0.3) is 17.4 Å². The summed E-state index contributed by atoms with van der Waals surface area (Å²) in [5, 5.41) is 0.561. The Bertz CT molecular complexity index is 841. The molecule has 7 heteroatoms. The molecule has 6 nitrogen and oxygen atoms in total. The quantitative estimate of drug-likeness (QED) is 0.389. The molecule has 0 bridgehead atoms. The standard InChI is InChI=1S/C17H17N3O3S/c1-10-11(2)18-17(19-14(10)21)24-9-5-8-20-15(22)12-6-3-4-7-13(12)16(20)23/h3-4,6-7H,5,8-9H2,1-2H3,(H,18,19,21). The van der Waals surface area contributed by atoms with Gasteiger partial charge in [0.15, 0.2) is 5.16 Å². The van der Waals surface area contributed by atoms with Crippen LogP contribution in [0.5, 0.6) is 0 Å². The summed E-state index contributed by atoms with van der Waals surface area (Å²) in [4.78, 5) is 44.5. The maximum atomic E-state index is 12.2. The molecule has 124 valence electrons. The molecule has 1 aromatic heterocycles. The number of imide groups is 1. The van der Waals surface area contributed by atoms with Crippen molar-refractivity contribution in [3.63, 3.8) is 0 Å². The van der Waals surface area contributed by atoms with Gasteiger partial charge in [-0.3, -0.25) is 19.3 Å². The molecule has 1 aromatic carbocycles. The van der Waals surface area contributed by atoms with E-state index in [0.29, 0.717) is 46.3 Å². The molecular formula is C17H17N3O3S. The van der Waals surface area contributed by atoms with Crippen LogP contribution in [0.25, 0.3) is 0 Å². The molecule has 0 saturated carbocycles. The second-order valence-corrected chi connectivity index (χ2v) is 6.67. The number of aromatic nitrogens is 2. The van der Waals surface area contributed by atoms with Crippen LogP contribution in [-0.4, -0.2) is 39.0 Å². The lowest BCUT2D eigenvalue weighted by atomic mass is 10.1. The molecule has 1 N–H and O–H groups in total. The first-order chi connectivity index (χ1) is 11.5. The fourth-order valence-corrected chi connectivity index (χ4v) is 3.35. The minimum atomic E-state index is -0.238. The van der Waals surface area contributed by atoms with Gasteiger partial charge in [-0.2, -0.15) is 0 Å². The average Bonchev–Trinajstić information content (AvgIpc) is 2.81. The number of nitrogens with one attached hydrogen (secondary N) is 1. The molecule has 0 atom stereocenters. The number of fused-ring (bicyclic) bond motifs is 1. The maximum Gasteiger partial charge on any atom is 0.261 e. The fraction of sp³-hybridized carbons (Fsp3) is 0.294. The van der Waals surface area contributed by atoms with E-state index in [2.05, 4.69) is 9.97 Å². The van der Waals surface area contributed by atoms with E-state index < -0.39 is 0 Å². The Balaban J connectivity index is 1.57. The Morgan fingerprint density at radius 2 is 1.71 bits per heavy atom. The molecule has 0 saturated heterocycles. The van der Waals surface area contributed by atoms with Gasteiger partial charge in [0.2, 0.25) is 0 Å². The summed E-state index contributed by atoms with van der Waals surface area (Å²) < 4.78 is 0. The highest BCUT2D eigenvalue weighted by Gasteiger charge is 2.34. The average molecular weight is 343 g/mol. The van der Waals surface area contributed by atoms with Gasteiger partial charge in [-0.25, -0.2) is 4.98 Å². The highest BCUT2D eigenvalue weighted by molar-refractivity contribution is 7.99. The van der Waals surface area contributed by atoms with Crippen LogP contribution >= 0.6 is 11.8 Å². The first-order valence-corrected chi connectivity index (χ1v) is 8.63. The predicted molar refractivity (Wildman–Crippen MR) is 91.5 cm³/mol. The van der Waals surface area contributed by atoms with E-state index in [4.69, 9.17) is 0 Å². The summed E-state index contributed by atoms with van der Waals surface area (Å²) in [5.41, 5.74) is 2.13. The lowest BCUT2D eigenvalue weighted by Crippen LogP contribution is -2.31. The largest absolute Gasteiger partial charge is 0.301 e. The van der Waals surface area contributed by atoms with E-state index in [-0.39, 0.29) is 17.4 Å². The summed E-state index contributed by atoms with van der Waals surface area (Å²) in [6, 6.07) is 6.86. The van der Waals surface area contributed by atoms with Crippen LogP contribution in [0.3, 0.4) is 0 Å². The van der Waals surface area contributed by atoms with Crippen LogP contribution in [0.1, 0.15) is 38.4 Å². The van der Waals surface area contributed by atoms with Crippen molar-refractivity contribution in [2.45, 2.75) is 25.4 Å². The summed E-state index contributed by atoms with van der Waals surface area (Å²) >= 11 is 1.41. The number of benzene rings is 1. The Morgan fingerprint density at radius 3 is 2.29 bits per heavy atom. The van der Waals surface area contributed by atoms with Crippen molar-refractivity contribution in [1.29, 1.82) is 0 Å². The summed E-state index contributed by atoms with van der Waals surface area (Å²) in [6.45, 7) is 3.89. The first-order valence-electron chi connectivity index (χ1n) is 7.64. The SMILES string of the molecule is Cc1nc(SCCCN2C(=O)c3ccccc3C2=O)[nH]c(=O)c1C. The van der Waals surface area contributed by atoms with Gasteiger partial charge in [0, 0.05) is 23.6 Å². The molecule has 24 heavy (non-hydrogen) atoms. The van der Waals surface area contributed by atoms with Crippen molar-refractivity contribution < 1.29 is 9.59 Å². The van der Waals surface area contributed by atoms with Crippen molar-refractivity contribution in [3.8, 4) is 0 Å². The van der Waals surface area contributed by atoms with Gasteiger partial charge in [0.05, 0.1) is 11.1 Å². The van der Waals surface area contributed by atoms with Crippen LogP contribution in [-0.2, 0) is 0 Å². The topological polar surface area (TPSA) is 83.1 Å². The second-order valence-electron chi connectivity index (χ2n) is 5.59. The van der Waals surface area contributed by atoms with Gasteiger partial charge >= 0.3 is 0 Å². The molecule has 1 aliphatic heterocycles. The van der Waals surface area contributed by atoms with Crippen molar-refractivity contribution in [1.82, 2.24) is 14.9 Å². The number of hydrogen-bond acceptors (Lipinski definition) is 5. The van der Waals surface area contributed by atoms with Crippen LogP contribution in [0, 0.1) is 13.8 Å². The third kappa shape index (κ3) is 2.99. The molecule has 3 rings (SSSR count). The van der Waals surface area contributed by atoms with Gasteiger partial charge in [-0.1, -0.05) is 23.9 Å². The highest BCUT2D eigenvalue weighted by atomic mass is 32.2. The third-order valence-electron chi connectivity index (χ3n) is 4.02. The molecule has 2 amide bonds. The Hall–Kier alpha value is -2.41. The number of H-pyrrole nitrogens is 1. The molecule has 0 aliphatic carbocycles. The molecule has 0 unspecified atom stereocenters. The predicted octanol–water partition coefficient (Wildman–Crippen LogP) is 2.17. The number of aromatic amines is 1. The van der Waals surface area contributed by atoms with E-state index in [0.717, 1.165) is 0 Å². The van der Waals surface area contributed by atoms with E-state index in [1.54, 1.807) is 38.1 Å². The normalized spacial score (nSPS) is 13.5. The zero-order valence-corrected chi connectivity index (χ0v) is 14.3. The Kier molecular flexibility index (Phi) is 4.53. The number of rotatable bonds is 5. The van der Waals surface area contributed by atoms with Crippen LogP contribution in [0.4, 0.5) is 0 Å². The maximum absolute atomic E-state index is 12.2. The molecule has 0 fully saturated rings. The minimum Gasteiger partial charge on any atom is -0.301 e. The summed E-state index contributed by atoms with van der Waals surface area (Å²) in [7, 11) is 0. The fourth-order valence-electron chi connectivity index (χ4n) is 2.52. The second kappa shape index (κ2) is 6.60. The van der Waals surface area contributed by atoms with Gasteiger partial charge in [-0.15, -0.1) is 0 Å². The number of thioether (sulfide) groups is 1. The number of carbonyl (C=O) groups is 2. The van der Waals surface area contributed by atoms with Gasteiger partial charge in [-0.05, 0) is 32.4 Å². The number of aryl methyl sites for hydroxylation is 1. The van der Waals surface area contributed by atoms with Gasteiger partial charge < -0.3 is 4.98 Å². The number of carbonyl (C=O) groups excluding carboxylic acids is 2. The molecule has 0 radical (unpaired) electrons. The summed E-state index contributed by atoms with van der Waals surface area (Å²) in [6.07, 6.45) is 0.632. The van der Waals surface area contributed by atoms with E-state index in [1.807, 2.05) is 0 Å². The zero-order chi connectivity index (χ0) is 17.3. The number of nitrogens with zero attached hydrogens (tertiary/aromatic N) is 2. The van der Waals surface area contributed by atoms with Crippen molar-refractivity contribution in [3.05, 3.63) is 57.0 Å². The van der Waals surface area contributed by atoms with Crippen LogP contribution in [0.2, 0.25) is 0 Å². The Morgan fingerprint density at radius 1 is 1.08 bits per heavy atom. The van der Waals surface area contributed by atoms with Crippen molar-refractivity contribution in [2.75, 3.05) is 12.3 Å². The highest BCUT2D eigenvalue weighted by Crippen LogP contribution is 2.23. The molecule has 2 aromatic rings. The van der Waals surface area contributed by atoms with E-state index in [9.17, 15) is 14.4 Å². The number of amides is 2. The molecule has 1 aliphatic rings. The smallest absolute Gasteiger partial charge is 0.261 e. The first kappa shape index (κ1) is 16.4. The minimum absolute atomic E-state index is 0.134. The van der Waals surface area contributed by atoms with E-state index >= 15 is 0 Å². The molecule has 2 heterocycles. The summed E-state index contributed by atoms with van der Waals surface area (Å²) in [5.74, 6) is 0.176. The van der Waals surface area contributed by atoms with Crippen molar-refractivity contribution in [2.24, 2.45) is 0 Å². The third-order valence-corrected chi connectivity index (χ3v) is 4.98. The lowest BCUT2D eigenvalue weighted by molar-refractivity contribution is 0.0655. The molecule has 0 spiro atoms. The van der Waals surface area contributed by atoms with Gasteiger partial charge in [0.1, 0.15) is 0 Å². The monoisotopic (exact) mass is 343 g/mol. The molecular weight excluding hydrogens is 326 g/mol. The zero-order valence-electron chi connectivity index (χ0n) is 13.5. The van der Waals surface area contributed by atoms with Crippen molar-refractivity contribution >= 4 is 23.6 Å². The lowest BCUT2D eigenvalue weighted by Gasteiger charge is -2.13. The Labute approximate surface area is 143 Å². The van der Waals surface area contributed by atoms with Crippen LogP contribution < -0.4 is 5.56 Å². The number of hydrogen-bond donors (Lipinski definition) is 1. The van der Waals surface area contributed by atoms with E-state index in [1.165, 1.54) is 16.7 Å².